The summed E-state index contributed by atoms with van der Waals surface area (Å²) in [5.74, 6) is -1.54. The summed E-state index contributed by atoms with van der Waals surface area (Å²) in [7, 11) is 0. The third-order valence-electron chi connectivity index (χ3n) is 4.27. The Morgan fingerprint density at radius 2 is 1.63 bits per heavy atom. The number of aryl methyl sites for hydroxylation is 1. The first-order valence-corrected chi connectivity index (χ1v) is 8.19. The molecule has 0 aliphatic heterocycles. The molecule has 4 aromatic rings. The molecule has 0 saturated carbocycles. The molecule has 0 unspecified atom stereocenters. The topological polar surface area (TPSA) is 74.4 Å². The lowest BCUT2D eigenvalue weighted by Gasteiger charge is -2.10. The fraction of sp³-hybridized carbons (Fsp3) is 0.0500. The number of aromatic amines is 2. The summed E-state index contributed by atoms with van der Waals surface area (Å²) in [5, 5.41) is 7.13. The number of nitrogens with one attached hydrogen (secondary N) is 2. The van der Waals surface area contributed by atoms with Gasteiger partial charge < -0.3 is 4.98 Å². The highest BCUT2D eigenvalue weighted by Crippen LogP contribution is 2.36. The van der Waals surface area contributed by atoms with Gasteiger partial charge in [0.15, 0.2) is 0 Å². The number of nitrogens with zero attached hydrogens (tertiary/aromatic N) is 2. The average Bonchev–Trinajstić information content (AvgIpc) is 3.03. The molecule has 0 amide bonds. The van der Waals surface area contributed by atoms with Crippen molar-refractivity contribution in [2.75, 3.05) is 0 Å². The summed E-state index contributed by atoms with van der Waals surface area (Å²) in [6.07, 6.45) is 3.25. The Morgan fingerprint density at radius 1 is 0.926 bits per heavy atom. The maximum Gasteiger partial charge on any atom is 0.248 e. The molecule has 0 aliphatic rings. The van der Waals surface area contributed by atoms with Crippen molar-refractivity contribution in [1.82, 2.24) is 20.2 Å². The van der Waals surface area contributed by atoms with Crippen LogP contribution in [0.4, 0.5) is 8.78 Å². The van der Waals surface area contributed by atoms with Crippen molar-refractivity contribution in [2.24, 2.45) is 0 Å². The summed E-state index contributed by atoms with van der Waals surface area (Å²) in [6, 6.07) is 10.2. The van der Waals surface area contributed by atoms with Crippen LogP contribution in [0.5, 0.6) is 0 Å². The number of hydrogen-bond donors (Lipinski definition) is 2. The molecule has 1 aromatic carbocycles. The molecule has 134 valence electrons. The van der Waals surface area contributed by atoms with Crippen molar-refractivity contribution < 1.29 is 8.78 Å². The van der Waals surface area contributed by atoms with E-state index in [-0.39, 0.29) is 11.3 Å². The smallest absolute Gasteiger partial charge is 0.248 e. The van der Waals surface area contributed by atoms with E-state index >= 15 is 0 Å². The normalized spacial score (nSPS) is 10.9. The van der Waals surface area contributed by atoms with Crippen molar-refractivity contribution in [3.63, 3.8) is 0 Å². The second-order valence-corrected chi connectivity index (χ2v) is 6.05. The lowest BCUT2D eigenvalue weighted by atomic mass is 9.97. The number of halogens is 2. The number of H-pyrrole nitrogens is 2. The first kappa shape index (κ1) is 16.8. The minimum Gasteiger partial charge on any atom is -0.322 e. The molecule has 0 saturated heterocycles. The lowest BCUT2D eigenvalue weighted by molar-refractivity contribution is 0.589. The van der Waals surface area contributed by atoms with Gasteiger partial charge >= 0.3 is 0 Å². The van der Waals surface area contributed by atoms with E-state index in [1.54, 1.807) is 31.5 Å². The first-order chi connectivity index (χ1) is 13.0. The Balaban J connectivity index is 1.88. The third kappa shape index (κ3) is 3.03. The standard InChI is InChI=1S/C20H14F2N4O/c1-11-18(20(26-25-11)12-5-7-23-8-6-12)13-9-14(21)19(15(22)10-13)16-3-2-4-17(27)24-16/h2-10H,1H3,(H,24,27)(H,25,26). The van der Waals surface area contributed by atoms with Gasteiger partial charge in [0.1, 0.15) is 17.3 Å². The minimum absolute atomic E-state index is 0.0855. The highest BCUT2D eigenvalue weighted by molar-refractivity contribution is 5.83. The predicted molar refractivity (Wildman–Crippen MR) is 98.0 cm³/mol. The average molecular weight is 364 g/mol. The fourth-order valence-corrected chi connectivity index (χ4v) is 3.07. The van der Waals surface area contributed by atoms with Crippen LogP contribution in [0.15, 0.2) is 59.7 Å². The molecule has 27 heavy (non-hydrogen) atoms. The molecule has 0 spiro atoms. The number of rotatable bonds is 3. The van der Waals surface area contributed by atoms with E-state index in [4.69, 9.17) is 0 Å². The molecule has 4 rings (SSSR count). The van der Waals surface area contributed by atoms with Gasteiger partial charge in [0, 0.05) is 35.3 Å². The number of pyridine rings is 2. The van der Waals surface area contributed by atoms with Crippen LogP contribution in [0.1, 0.15) is 5.69 Å². The molecular weight excluding hydrogens is 350 g/mol. The number of benzene rings is 1. The van der Waals surface area contributed by atoms with E-state index in [1.165, 1.54) is 30.3 Å². The van der Waals surface area contributed by atoms with Crippen LogP contribution in [0.2, 0.25) is 0 Å². The Kier molecular flexibility index (Phi) is 4.12. The molecule has 5 nitrogen and oxygen atoms in total. The molecule has 0 aliphatic carbocycles. The van der Waals surface area contributed by atoms with E-state index < -0.39 is 17.2 Å². The summed E-state index contributed by atoms with van der Waals surface area (Å²) in [4.78, 5) is 17.9. The van der Waals surface area contributed by atoms with E-state index in [1.807, 2.05) is 0 Å². The zero-order valence-electron chi connectivity index (χ0n) is 14.3. The van der Waals surface area contributed by atoms with Crippen molar-refractivity contribution in [1.29, 1.82) is 0 Å². The zero-order chi connectivity index (χ0) is 19.0. The summed E-state index contributed by atoms with van der Waals surface area (Å²) >= 11 is 0. The van der Waals surface area contributed by atoms with Crippen LogP contribution in [-0.4, -0.2) is 20.2 Å². The van der Waals surface area contributed by atoms with E-state index in [0.29, 0.717) is 22.5 Å². The van der Waals surface area contributed by atoms with E-state index in [9.17, 15) is 13.6 Å². The molecule has 0 fully saturated rings. The highest BCUT2D eigenvalue weighted by Gasteiger charge is 2.19. The van der Waals surface area contributed by atoms with Crippen molar-refractivity contribution >= 4 is 0 Å². The SMILES string of the molecule is Cc1[nH]nc(-c2ccncc2)c1-c1cc(F)c(-c2cccc(=O)[nH]2)c(F)c1. The second-order valence-electron chi connectivity index (χ2n) is 6.05. The zero-order valence-corrected chi connectivity index (χ0v) is 14.3. The largest absolute Gasteiger partial charge is 0.322 e. The predicted octanol–water partition coefficient (Wildman–Crippen LogP) is 4.08. The van der Waals surface area contributed by atoms with Gasteiger partial charge in [-0.25, -0.2) is 8.78 Å². The van der Waals surface area contributed by atoms with Crippen molar-refractivity contribution in [2.45, 2.75) is 6.92 Å². The molecule has 3 aromatic heterocycles. The van der Waals surface area contributed by atoms with Gasteiger partial charge in [-0.2, -0.15) is 5.10 Å². The van der Waals surface area contributed by atoms with Gasteiger partial charge in [-0.1, -0.05) is 6.07 Å². The molecular formula is C20H14F2N4O. The third-order valence-corrected chi connectivity index (χ3v) is 4.27. The molecule has 0 bridgehead atoms. The summed E-state index contributed by atoms with van der Waals surface area (Å²) < 4.78 is 29.6. The fourth-order valence-electron chi connectivity index (χ4n) is 3.07. The minimum atomic E-state index is -0.770. The van der Waals surface area contributed by atoms with Crippen LogP contribution in [-0.2, 0) is 0 Å². The van der Waals surface area contributed by atoms with Gasteiger partial charge in [-0.15, -0.1) is 0 Å². The first-order valence-electron chi connectivity index (χ1n) is 8.19. The lowest BCUT2D eigenvalue weighted by Crippen LogP contribution is -2.05. The van der Waals surface area contributed by atoms with Gasteiger partial charge in [0.25, 0.3) is 0 Å². The second kappa shape index (κ2) is 6.60. The maximum atomic E-state index is 14.8. The summed E-state index contributed by atoms with van der Waals surface area (Å²) in [6.45, 7) is 1.78. The number of hydrogen-bond acceptors (Lipinski definition) is 3. The Labute approximate surface area is 152 Å². The molecule has 2 N–H and O–H groups in total. The Bertz CT molecular complexity index is 1160. The monoisotopic (exact) mass is 364 g/mol. The van der Waals surface area contributed by atoms with Crippen LogP contribution < -0.4 is 5.56 Å². The Hall–Kier alpha value is -3.61. The Morgan fingerprint density at radius 3 is 2.30 bits per heavy atom. The summed E-state index contributed by atoms with van der Waals surface area (Å²) in [5.41, 5.74) is 2.38. The van der Waals surface area contributed by atoms with Crippen LogP contribution >= 0.6 is 0 Å². The maximum absolute atomic E-state index is 14.8. The molecule has 7 heteroatoms. The quantitative estimate of drug-likeness (QED) is 0.575. The van der Waals surface area contributed by atoms with E-state index in [2.05, 4.69) is 20.2 Å². The van der Waals surface area contributed by atoms with Crippen molar-refractivity contribution in [3.8, 4) is 33.6 Å². The number of aromatic nitrogens is 4. The van der Waals surface area contributed by atoms with E-state index in [0.717, 1.165) is 5.56 Å². The molecule has 0 atom stereocenters. The van der Waals surface area contributed by atoms with Crippen LogP contribution in [0, 0.1) is 18.6 Å². The highest BCUT2D eigenvalue weighted by atomic mass is 19.1. The molecule has 0 radical (unpaired) electrons. The van der Waals surface area contributed by atoms with Gasteiger partial charge in [0.2, 0.25) is 5.56 Å². The van der Waals surface area contributed by atoms with Crippen LogP contribution in [0.3, 0.4) is 0 Å². The van der Waals surface area contributed by atoms with Crippen LogP contribution in [0.25, 0.3) is 33.6 Å². The molecule has 3 heterocycles. The van der Waals surface area contributed by atoms with Gasteiger partial charge in [0.05, 0.1) is 11.3 Å². The van der Waals surface area contributed by atoms with Crippen molar-refractivity contribution in [3.05, 3.63) is 82.5 Å². The van der Waals surface area contributed by atoms with Gasteiger partial charge in [-0.05, 0) is 42.8 Å². The van der Waals surface area contributed by atoms with Gasteiger partial charge in [-0.3, -0.25) is 14.9 Å².